The topological polar surface area (TPSA) is 47.6 Å². The average molecular weight is 171 g/mol. The predicted molar refractivity (Wildman–Crippen MR) is 41.7 cm³/mol. The van der Waals surface area contributed by atoms with Crippen molar-refractivity contribution in [3.05, 3.63) is 0 Å². The third-order valence-electron chi connectivity index (χ3n) is 2.58. The lowest BCUT2D eigenvalue weighted by molar-refractivity contribution is -0.143. The summed E-state index contributed by atoms with van der Waals surface area (Å²) in [4.78, 5) is 11.1. The van der Waals surface area contributed by atoms with E-state index in [1.165, 1.54) is 7.11 Å². The molecule has 0 aromatic rings. The van der Waals surface area contributed by atoms with Crippen molar-refractivity contribution in [2.75, 3.05) is 13.7 Å². The van der Waals surface area contributed by atoms with Crippen molar-refractivity contribution in [1.82, 2.24) is 5.32 Å². The molecule has 0 spiro atoms. The number of esters is 1. The van der Waals surface area contributed by atoms with Crippen molar-refractivity contribution >= 4 is 5.97 Å². The van der Waals surface area contributed by atoms with Crippen LogP contribution in [0.1, 0.15) is 12.8 Å². The van der Waals surface area contributed by atoms with Crippen molar-refractivity contribution in [2.45, 2.75) is 31.0 Å². The molecule has 2 saturated heterocycles. The van der Waals surface area contributed by atoms with Crippen LogP contribution in [0.2, 0.25) is 0 Å². The van der Waals surface area contributed by atoms with Crippen LogP contribution in [0.25, 0.3) is 0 Å². The van der Waals surface area contributed by atoms with E-state index in [0.29, 0.717) is 6.04 Å². The van der Waals surface area contributed by atoms with Crippen molar-refractivity contribution in [3.63, 3.8) is 0 Å². The molecule has 4 heteroatoms. The molecule has 12 heavy (non-hydrogen) atoms. The third kappa shape index (κ3) is 1.21. The summed E-state index contributed by atoms with van der Waals surface area (Å²) in [5.74, 6) is -0.173. The zero-order chi connectivity index (χ0) is 8.55. The number of hydrogen-bond donors (Lipinski definition) is 1. The summed E-state index contributed by atoms with van der Waals surface area (Å²) in [6, 6.07) is 0.222. The van der Waals surface area contributed by atoms with Crippen LogP contribution in [0.4, 0.5) is 0 Å². The molecule has 0 aromatic carbocycles. The molecule has 3 atom stereocenters. The number of ether oxygens (including phenoxy) is 2. The fourth-order valence-electron chi connectivity index (χ4n) is 1.94. The summed E-state index contributed by atoms with van der Waals surface area (Å²) in [7, 11) is 1.42. The van der Waals surface area contributed by atoms with Gasteiger partial charge in [-0.1, -0.05) is 0 Å². The number of hydrogen-bond acceptors (Lipinski definition) is 4. The highest BCUT2D eigenvalue weighted by Crippen LogP contribution is 2.25. The van der Waals surface area contributed by atoms with E-state index in [9.17, 15) is 4.79 Å². The first-order valence-corrected chi connectivity index (χ1v) is 4.26. The first-order valence-electron chi connectivity index (χ1n) is 4.26. The van der Waals surface area contributed by atoms with Crippen LogP contribution in [0.15, 0.2) is 0 Å². The van der Waals surface area contributed by atoms with Gasteiger partial charge in [-0.2, -0.15) is 0 Å². The van der Waals surface area contributed by atoms with Crippen LogP contribution in [0.5, 0.6) is 0 Å². The predicted octanol–water partition coefficient (Wildman–Crippen LogP) is -0.321. The summed E-state index contributed by atoms with van der Waals surface area (Å²) >= 11 is 0. The Hall–Kier alpha value is -0.610. The summed E-state index contributed by atoms with van der Waals surface area (Å²) in [5, 5.41) is 3.20. The quantitative estimate of drug-likeness (QED) is 0.549. The van der Waals surface area contributed by atoms with Crippen LogP contribution in [-0.4, -0.2) is 37.9 Å². The monoisotopic (exact) mass is 171 g/mol. The normalized spacial score (nSPS) is 39.6. The average Bonchev–Trinajstić information content (AvgIpc) is 2.60. The summed E-state index contributed by atoms with van der Waals surface area (Å²) in [6.07, 6.45) is 2.00. The second-order valence-corrected chi connectivity index (χ2v) is 3.28. The van der Waals surface area contributed by atoms with E-state index in [-0.39, 0.29) is 18.1 Å². The highest BCUT2D eigenvalue weighted by Gasteiger charge is 2.41. The van der Waals surface area contributed by atoms with Crippen LogP contribution < -0.4 is 5.32 Å². The second kappa shape index (κ2) is 3.03. The lowest BCUT2D eigenvalue weighted by Crippen LogP contribution is -2.36. The molecule has 4 nitrogen and oxygen atoms in total. The number of carbonyl (C=O) groups is 1. The number of fused-ring (bicyclic) bond motifs is 1. The first kappa shape index (κ1) is 8.01. The molecule has 0 radical (unpaired) electrons. The van der Waals surface area contributed by atoms with E-state index in [2.05, 4.69) is 10.1 Å². The van der Waals surface area contributed by atoms with Gasteiger partial charge in [0, 0.05) is 19.1 Å². The van der Waals surface area contributed by atoms with Gasteiger partial charge in [0.25, 0.3) is 0 Å². The molecule has 2 aliphatic rings. The van der Waals surface area contributed by atoms with Crippen molar-refractivity contribution < 1.29 is 14.3 Å². The fourth-order valence-corrected chi connectivity index (χ4v) is 1.94. The minimum absolute atomic E-state index is 0.148. The van der Waals surface area contributed by atoms with Gasteiger partial charge in [-0.3, -0.25) is 10.1 Å². The zero-order valence-electron chi connectivity index (χ0n) is 7.08. The fraction of sp³-hybridized carbons (Fsp3) is 0.875. The summed E-state index contributed by atoms with van der Waals surface area (Å²) in [5.41, 5.74) is 0. The van der Waals surface area contributed by atoms with E-state index in [4.69, 9.17) is 4.74 Å². The zero-order valence-corrected chi connectivity index (χ0v) is 7.08. The highest BCUT2D eigenvalue weighted by atomic mass is 16.5. The van der Waals surface area contributed by atoms with Crippen LogP contribution >= 0.6 is 0 Å². The van der Waals surface area contributed by atoms with Crippen LogP contribution in [0.3, 0.4) is 0 Å². The van der Waals surface area contributed by atoms with Crippen LogP contribution in [-0.2, 0) is 14.3 Å². The molecule has 2 fully saturated rings. The maximum atomic E-state index is 11.1. The highest BCUT2D eigenvalue weighted by molar-refractivity contribution is 5.76. The minimum atomic E-state index is -0.173. The van der Waals surface area contributed by atoms with Gasteiger partial charge in [-0.05, 0) is 6.42 Å². The van der Waals surface area contributed by atoms with Gasteiger partial charge >= 0.3 is 5.97 Å². The molecule has 1 N–H and O–H groups in total. The van der Waals surface area contributed by atoms with E-state index in [1.807, 2.05) is 0 Å². The van der Waals surface area contributed by atoms with E-state index in [0.717, 1.165) is 19.4 Å². The Morgan fingerprint density at radius 2 is 2.50 bits per heavy atom. The summed E-state index contributed by atoms with van der Waals surface area (Å²) < 4.78 is 10.1. The maximum absolute atomic E-state index is 11.1. The van der Waals surface area contributed by atoms with Gasteiger partial charge in [-0.25, -0.2) is 0 Å². The molecule has 0 aliphatic carbocycles. The smallest absolute Gasteiger partial charge is 0.322 e. The van der Waals surface area contributed by atoms with Crippen molar-refractivity contribution in [3.8, 4) is 0 Å². The van der Waals surface area contributed by atoms with Gasteiger partial charge in [0.15, 0.2) is 0 Å². The molecule has 0 amide bonds. The molecular formula is C8H13NO3. The van der Waals surface area contributed by atoms with Gasteiger partial charge in [-0.15, -0.1) is 0 Å². The molecule has 0 saturated carbocycles. The van der Waals surface area contributed by atoms with E-state index in [1.54, 1.807) is 0 Å². The van der Waals surface area contributed by atoms with E-state index >= 15 is 0 Å². The molecule has 2 rings (SSSR count). The van der Waals surface area contributed by atoms with Gasteiger partial charge in [0.05, 0.1) is 13.2 Å². The maximum Gasteiger partial charge on any atom is 0.322 e. The molecule has 2 heterocycles. The Labute approximate surface area is 71.2 Å². The van der Waals surface area contributed by atoms with Gasteiger partial charge in [0.1, 0.15) is 6.04 Å². The van der Waals surface area contributed by atoms with Crippen molar-refractivity contribution in [2.24, 2.45) is 0 Å². The molecular weight excluding hydrogens is 158 g/mol. The molecule has 68 valence electrons. The molecule has 0 aromatic heterocycles. The molecule has 0 bridgehead atoms. The lowest BCUT2D eigenvalue weighted by Gasteiger charge is -2.08. The molecule has 2 aliphatic heterocycles. The number of carbonyl (C=O) groups excluding carboxylic acids is 1. The second-order valence-electron chi connectivity index (χ2n) is 3.28. The largest absolute Gasteiger partial charge is 0.468 e. The Morgan fingerprint density at radius 3 is 3.17 bits per heavy atom. The summed E-state index contributed by atoms with van der Waals surface area (Å²) in [6.45, 7) is 0.816. The van der Waals surface area contributed by atoms with Gasteiger partial charge < -0.3 is 9.47 Å². The Bertz CT molecular complexity index is 183. The van der Waals surface area contributed by atoms with E-state index < -0.39 is 0 Å². The Morgan fingerprint density at radius 1 is 1.67 bits per heavy atom. The third-order valence-corrected chi connectivity index (χ3v) is 2.58. The Kier molecular flexibility index (Phi) is 2.02. The molecule has 1 unspecified atom stereocenters. The minimum Gasteiger partial charge on any atom is -0.468 e. The SMILES string of the molecule is COC(=O)C1C[C@H]2OCC[C@H]2N1. The number of nitrogens with one attached hydrogen (secondary N) is 1. The van der Waals surface area contributed by atoms with Crippen molar-refractivity contribution in [1.29, 1.82) is 0 Å². The standard InChI is InChI=1S/C8H13NO3/c1-11-8(10)6-4-7-5(9-6)2-3-12-7/h5-7,9H,2-4H2,1H3/t5-,6?,7-/m1/s1. The van der Waals surface area contributed by atoms with Gasteiger partial charge in [0.2, 0.25) is 0 Å². The Balaban J connectivity index is 1.94. The first-order chi connectivity index (χ1) is 5.81. The van der Waals surface area contributed by atoms with Crippen LogP contribution in [0, 0.1) is 0 Å². The number of methoxy groups -OCH3 is 1. The lowest BCUT2D eigenvalue weighted by atomic mass is 10.1. The number of rotatable bonds is 1.